The highest BCUT2D eigenvalue weighted by Gasteiger charge is 2.18. The molecule has 0 aliphatic rings. The first-order valence-corrected chi connectivity index (χ1v) is 5.72. The maximum atomic E-state index is 13.2. The lowest BCUT2D eigenvalue weighted by atomic mass is 10.2. The van der Waals surface area contributed by atoms with Crippen molar-refractivity contribution in [3.05, 3.63) is 63.2 Å². The van der Waals surface area contributed by atoms with Gasteiger partial charge in [0, 0.05) is 17.8 Å². The molecule has 1 aromatic heterocycles. The number of amides is 1. The third-order valence-corrected chi connectivity index (χ3v) is 2.71. The van der Waals surface area contributed by atoms with Gasteiger partial charge in [-0.05, 0) is 24.3 Å². The second-order valence-corrected chi connectivity index (χ2v) is 4.08. The van der Waals surface area contributed by atoms with Crippen molar-refractivity contribution in [2.24, 2.45) is 0 Å². The van der Waals surface area contributed by atoms with Crippen LogP contribution >= 0.6 is 11.6 Å². The first kappa shape index (κ1) is 13.9. The second kappa shape index (κ2) is 5.62. The number of nitrogens with zero attached hydrogens (tertiary/aromatic N) is 2. The largest absolute Gasteiger partial charge is 0.319 e. The van der Waals surface area contributed by atoms with Gasteiger partial charge < -0.3 is 5.32 Å². The van der Waals surface area contributed by atoms with Crippen LogP contribution in [-0.2, 0) is 0 Å². The van der Waals surface area contributed by atoms with Crippen LogP contribution in [0.2, 0.25) is 5.15 Å². The number of pyridine rings is 1. The molecule has 20 heavy (non-hydrogen) atoms. The normalized spacial score (nSPS) is 10.1. The van der Waals surface area contributed by atoms with E-state index in [4.69, 9.17) is 11.6 Å². The second-order valence-electron chi connectivity index (χ2n) is 3.72. The van der Waals surface area contributed by atoms with Gasteiger partial charge in [0.1, 0.15) is 0 Å². The Kier molecular flexibility index (Phi) is 3.90. The quantitative estimate of drug-likeness (QED) is 0.536. The molecule has 0 bridgehead atoms. The first-order chi connectivity index (χ1) is 9.49. The zero-order valence-corrected chi connectivity index (χ0v) is 10.6. The van der Waals surface area contributed by atoms with Gasteiger partial charge in [0.05, 0.1) is 10.6 Å². The molecule has 0 spiro atoms. The number of anilines is 1. The molecule has 0 unspecified atom stereocenters. The van der Waals surface area contributed by atoms with Crippen LogP contribution in [0.25, 0.3) is 0 Å². The Morgan fingerprint density at radius 1 is 1.40 bits per heavy atom. The highest BCUT2D eigenvalue weighted by molar-refractivity contribution is 6.32. The molecule has 8 heteroatoms. The molecule has 1 aromatic carbocycles. The molecule has 2 rings (SSSR count). The van der Waals surface area contributed by atoms with Gasteiger partial charge in [-0.1, -0.05) is 11.6 Å². The Balaban J connectivity index is 2.28. The molecule has 0 aliphatic carbocycles. The summed E-state index contributed by atoms with van der Waals surface area (Å²) in [6.07, 6.45) is 1.45. The Labute approximate surface area is 117 Å². The highest BCUT2D eigenvalue weighted by Crippen LogP contribution is 2.21. The number of hydrogen-bond donors (Lipinski definition) is 1. The number of nitrogens with one attached hydrogen (secondary N) is 1. The molecule has 102 valence electrons. The van der Waals surface area contributed by atoms with Crippen LogP contribution < -0.4 is 5.32 Å². The molecule has 1 amide bonds. The van der Waals surface area contributed by atoms with Gasteiger partial charge in [-0.3, -0.25) is 14.9 Å². The summed E-state index contributed by atoms with van der Waals surface area (Å²) in [4.78, 5) is 25.4. The van der Waals surface area contributed by atoms with Crippen LogP contribution in [0, 0.1) is 15.9 Å². The van der Waals surface area contributed by atoms with Gasteiger partial charge in [-0.15, -0.1) is 0 Å². The predicted molar refractivity (Wildman–Crippen MR) is 70.3 cm³/mol. The van der Waals surface area contributed by atoms with Crippen molar-refractivity contribution in [3.8, 4) is 0 Å². The lowest BCUT2D eigenvalue weighted by Crippen LogP contribution is -2.13. The van der Waals surface area contributed by atoms with Gasteiger partial charge in [0.15, 0.2) is 5.15 Å². The summed E-state index contributed by atoms with van der Waals surface area (Å²) in [5, 5.41) is 13.1. The Morgan fingerprint density at radius 2 is 2.15 bits per heavy atom. The van der Waals surface area contributed by atoms with Gasteiger partial charge in [-0.2, -0.15) is 4.39 Å². The topological polar surface area (TPSA) is 85.1 Å². The van der Waals surface area contributed by atoms with Gasteiger partial charge in [-0.25, -0.2) is 4.98 Å². The number of hydrogen-bond acceptors (Lipinski definition) is 4. The van der Waals surface area contributed by atoms with Gasteiger partial charge in [0.2, 0.25) is 5.82 Å². The minimum atomic E-state index is -1.01. The number of nitro groups is 1. The lowest BCUT2D eigenvalue weighted by Gasteiger charge is -2.06. The number of carbonyl (C=O) groups is 1. The van der Waals surface area contributed by atoms with E-state index in [1.54, 1.807) is 6.07 Å². The Morgan fingerprint density at radius 3 is 2.80 bits per heavy atom. The number of benzene rings is 1. The smallest absolute Gasteiger partial charge is 0.305 e. The summed E-state index contributed by atoms with van der Waals surface area (Å²) in [6, 6.07) is 5.94. The molecule has 1 heterocycles. The van der Waals surface area contributed by atoms with Crippen LogP contribution in [-0.4, -0.2) is 15.8 Å². The summed E-state index contributed by atoms with van der Waals surface area (Å²) in [5.74, 6) is -1.66. The van der Waals surface area contributed by atoms with Crippen molar-refractivity contribution in [2.75, 3.05) is 5.32 Å². The average Bonchev–Trinajstić information content (AvgIpc) is 2.41. The fourth-order valence-corrected chi connectivity index (χ4v) is 1.63. The number of aromatic nitrogens is 1. The van der Waals surface area contributed by atoms with Crippen LogP contribution in [0.15, 0.2) is 36.5 Å². The zero-order chi connectivity index (χ0) is 14.7. The third kappa shape index (κ3) is 2.89. The number of carbonyl (C=O) groups excluding carboxylic acids is 1. The summed E-state index contributed by atoms with van der Waals surface area (Å²) < 4.78 is 13.2. The van der Waals surface area contributed by atoms with Gasteiger partial charge >= 0.3 is 5.69 Å². The maximum Gasteiger partial charge on any atom is 0.305 e. The van der Waals surface area contributed by atoms with E-state index in [-0.39, 0.29) is 16.4 Å². The van der Waals surface area contributed by atoms with Crippen molar-refractivity contribution in [1.29, 1.82) is 0 Å². The predicted octanol–water partition coefficient (Wildman–Crippen LogP) is 3.03. The lowest BCUT2D eigenvalue weighted by molar-refractivity contribution is -0.387. The van der Waals surface area contributed by atoms with E-state index in [0.717, 1.165) is 18.2 Å². The Bertz CT molecular complexity index is 693. The summed E-state index contributed by atoms with van der Waals surface area (Å²) >= 11 is 5.77. The SMILES string of the molecule is O=C(Nc1cccnc1Cl)c1ccc(F)c([N+](=O)[O-])c1. The summed E-state index contributed by atoms with van der Waals surface area (Å²) in [6.45, 7) is 0. The molecule has 0 atom stereocenters. The third-order valence-electron chi connectivity index (χ3n) is 2.41. The van der Waals surface area contributed by atoms with Crippen LogP contribution in [0.5, 0.6) is 0 Å². The minimum Gasteiger partial charge on any atom is -0.319 e. The number of nitro benzene ring substituents is 1. The van der Waals surface area contributed by atoms with Gasteiger partial charge in [0.25, 0.3) is 5.91 Å². The van der Waals surface area contributed by atoms with Crippen molar-refractivity contribution < 1.29 is 14.1 Å². The summed E-state index contributed by atoms with van der Waals surface area (Å²) in [5.41, 5.74) is -0.570. The maximum absolute atomic E-state index is 13.2. The van der Waals surface area contributed by atoms with E-state index in [1.807, 2.05) is 0 Å². The standard InChI is InChI=1S/C12H7ClFN3O3/c13-11-9(2-1-5-15-11)16-12(18)7-3-4-8(14)10(6-7)17(19)20/h1-6H,(H,16,18). The Hall–Kier alpha value is -2.54. The molecule has 0 saturated carbocycles. The molecule has 0 radical (unpaired) electrons. The van der Waals surface area contributed by atoms with E-state index < -0.39 is 22.3 Å². The van der Waals surface area contributed by atoms with E-state index in [2.05, 4.69) is 10.3 Å². The van der Waals surface area contributed by atoms with Crippen LogP contribution in [0.4, 0.5) is 15.8 Å². The molecule has 2 aromatic rings. The average molecular weight is 296 g/mol. The molecular formula is C12H7ClFN3O3. The van der Waals surface area contributed by atoms with E-state index in [0.29, 0.717) is 0 Å². The highest BCUT2D eigenvalue weighted by atomic mass is 35.5. The number of rotatable bonds is 3. The molecule has 0 fully saturated rings. The van der Waals surface area contributed by atoms with Crippen molar-refractivity contribution in [2.45, 2.75) is 0 Å². The zero-order valence-electron chi connectivity index (χ0n) is 9.84. The molecule has 1 N–H and O–H groups in total. The van der Waals surface area contributed by atoms with E-state index in [1.165, 1.54) is 12.3 Å². The number of halogens is 2. The minimum absolute atomic E-state index is 0.0574. The van der Waals surface area contributed by atoms with Crippen molar-refractivity contribution in [3.63, 3.8) is 0 Å². The fourth-order valence-electron chi connectivity index (χ4n) is 1.47. The summed E-state index contributed by atoms with van der Waals surface area (Å²) in [7, 11) is 0. The monoisotopic (exact) mass is 295 g/mol. The van der Waals surface area contributed by atoms with Crippen molar-refractivity contribution >= 4 is 28.9 Å². The first-order valence-electron chi connectivity index (χ1n) is 5.35. The molecular weight excluding hydrogens is 289 g/mol. The fraction of sp³-hybridized carbons (Fsp3) is 0. The van der Waals surface area contributed by atoms with E-state index in [9.17, 15) is 19.3 Å². The van der Waals surface area contributed by atoms with Crippen LogP contribution in [0.3, 0.4) is 0 Å². The molecule has 0 aliphatic heterocycles. The van der Waals surface area contributed by atoms with Crippen LogP contribution in [0.1, 0.15) is 10.4 Å². The van der Waals surface area contributed by atoms with E-state index >= 15 is 0 Å². The molecule has 0 saturated heterocycles. The molecule has 6 nitrogen and oxygen atoms in total. The van der Waals surface area contributed by atoms with Crippen molar-refractivity contribution in [1.82, 2.24) is 4.98 Å².